The molecule has 0 saturated heterocycles. The van der Waals surface area contributed by atoms with E-state index < -0.39 is 0 Å². The number of nitrogens with two attached hydrogens (primary N) is 1. The largest absolute Gasteiger partial charge is 0.493 e. The fourth-order valence-electron chi connectivity index (χ4n) is 2.08. The number of benzene rings is 1. The minimum atomic E-state index is 0.454. The molecule has 1 aromatic rings. The highest BCUT2D eigenvalue weighted by molar-refractivity contribution is 7.98. The SMILES string of the molecule is CCC(CSC)N(C)c1cc(OC)c(OC)cc1N. The van der Waals surface area contributed by atoms with Crippen LogP contribution in [-0.4, -0.2) is 39.3 Å². The van der Waals surface area contributed by atoms with E-state index in [1.807, 2.05) is 23.9 Å². The Balaban J connectivity index is 3.11. The highest BCUT2D eigenvalue weighted by atomic mass is 32.2. The smallest absolute Gasteiger partial charge is 0.162 e. The molecule has 0 aliphatic rings. The summed E-state index contributed by atoms with van der Waals surface area (Å²) in [5.74, 6) is 2.44. The van der Waals surface area contributed by atoms with Crippen molar-refractivity contribution in [3.63, 3.8) is 0 Å². The summed E-state index contributed by atoms with van der Waals surface area (Å²) in [7, 11) is 5.32. The molecule has 0 amide bonds. The Morgan fingerprint density at radius 3 is 2.32 bits per heavy atom. The number of nitrogens with zero attached hydrogens (tertiary/aromatic N) is 1. The van der Waals surface area contributed by atoms with Gasteiger partial charge < -0.3 is 20.1 Å². The van der Waals surface area contributed by atoms with Gasteiger partial charge in [0.1, 0.15) is 0 Å². The van der Waals surface area contributed by atoms with E-state index in [2.05, 4.69) is 25.1 Å². The summed E-state index contributed by atoms with van der Waals surface area (Å²) in [6, 6.07) is 4.21. The number of methoxy groups -OCH3 is 2. The van der Waals surface area contributed by atoms with Crippen LogP contribution in [0.15, 0.2) is 12.1 Å². The quantitative estimate of drug-likeness (QED) is 0.780. The first kappa shape index (κ1) is 15.8. The van der Waals surface area contributed by atoms with Gasteiger partial charge in [-0.2, -0.15) is 11.8 Å². The van der Waals surface area contributed by atoms with Crippen LogP contribution in [0.4, 0.5) is 11.4 Å². The van der Waals surface area contributed by atoms with Gasteiger partial charge in [0.2, 0.25) is 0 Å². The van der Waals surface area contributed by atoms with Crippen molar-refractivity contribution in [1.29, 1.82) is 0 Å². The molecule has 108 valence electrons. The second kappa shape index (κ2) is 7.38. The van der Waals surface area contributed by atoms with Crippen molar-refractivity contribution in [1.82, 2.24) is 0 Å². The second-order valence-corrected chi connectivity index (χ2v) is 5.31. The predicted octanol–water partition coefficient (Wildman–Crippen LogP) is 2.86. The van der Waals surface area contributed by atoms with Crippen molar-refractivity contribution in [2.75, 3.05) is 43.9 Å². The second-order valence-electron chi connectivity index (χ2n) is 4.39. The highest BCUT2D eigenvalue weighted by Gasteiger charge is 2.17. The van der Waals surface area contributed by atoms with E-state index in [0.29, 0.717) is 23.2 Å². The van der Waals surface area contributed by atoms with Crippen LogP contribution in [0.2, 0.25) is 0 Å². The fourth-order valence-corrected chi connectivity index (χ4v) is 2.93. The molecule has 1 atom stereocenters. The molecule has 4 nitrogen and oxygen atoms in total. The summed E-state index contributed by atoms with van der Waals surface area (Å²) < 4.78 is 10.6. The third-order valence-electron chi connectivity index (χ3n) is 3.29. The van der Waals surface area contributed by atoms with Gasteiger partial charge in [-0.25, -0.2) is 0 Å². The normalized spacial score (nSPS) is 12.1. The summed E-state index contributed by atoms with van der Waals surface area (Å²) in [4.78, 5) is 2.22. The zero-order valence-corrected chi connectivity index (χ0v) is 13.2. The zero-order valence-electron chi connectivity index (χ0n) is 12.4. The molecule has 1 unspecified atom stereocenters. The van der Waals surface area contributed by atoms with Crippen molar-refractivity contribution >= 4 is 23.1 Å². The lowest BCUT2D eigenvalue weighted by Gasteiger charge is -2.30. The van der Waals surface area contributed by atoms with E-state index in [0.717, 1.165) is 17.9 Å². The standard InChI is InChI=1S/C14H24N2O2S/c1-6-10(9-19-5)16(2)12-8-14(18-4)13(17-3)7-11(12)15/h7-8,10H,6,9,15H2,1-5H3. The lowest BCUT2D eigenvalue weighted by atomic mass is 10.1. The number of anilines is 2. The fraction of sp³-hybridized carbons (Fsp3) is 0.571. The Morgan fingerprint density at radius 2 is 1.84 bits per heavy atom. The average Bonchev–Trinajstić information content (AvgIpc) is 2.43. The molecule has 1 aromatic carbocycles. The topological polar surface area (TPSA) is 47.7 Å². The average molecular weight is 284 g/mol. The van der Waals surface area contributed by atoms with Crippen LogP contribution < -0.4 is 20.1 Å². The van der Waals surface area contributed by atoms with Crippen molar-refractivity contribution < 1.29 is 9.47 Å². The van der Waals surface area contributed by atoms with Gasteiger partial charge in [0, 0.05) is 31.0 Å². The van der Waals surface area contributed by atoms with Crippen molar-refractivity contribution in [2.24, 2.45) is 0 Å². The molecule has 1 rings (SSSR count). The Bertz CT molecular complexity index is 413. The molecule has 19 heavy (non-hydrogen) atoms. The van der Waals surface area contributed by atoms with E-state index in [1.165, 1.54) is 0 Å². The number of nitrogen functional groups attached to an aromatic ring is 1. The first-order valence-corrected chi connectivity index (χ1v) is 7.71. The van der Waals surface area contributed by atoms with Crippen molar-refractivity contribution in [3.8, 4) is 11.5 Å². The zero-order chi connectivity index (χ0) is 14.4. The van der Waals surface area contributed by atoms with Crippen LogP contribution in [0, 0.1) is 0 Å². The lowest BCUT2D eigenvalue weighted by molar-refractivity contribution is 0.355. The van der Waals surface area contributed by atoms with Crippen LogP contribution in [0.1, 0.15) is 13.3 Å². The van der Waals surface area contributed by atoms with Gasteiger partial charge in [-0.1, -0.05) is 6.92 Å². The monoisotopic (exact) mass is 284 g/mol. The molecule has 5 heteroatoms. The van der Waals surface area contributed by atoms with E-state index in [4.69, 9.17) is 15.2 Å². The molecule has 0 spiro atoms. The maximum absolute atomic E-state index is 6.13. The van der Waals surface area contributed by atoms with Crippen molar-refractivity contribution in [3.05, 3.63) is 12.1 Å². The Labute approximate surface area is 120 Å². The number of hydrogen-bond donors (Lipinski definition) is 1. The summed E-state index contributed by atoms with van der Waals surface area (Å²) in [6.45, 7) is 2.19. The summed E-state index contributed by atoms with van der Waals surface area (Å²) in [6.07, 6.45) is 3.19. The molecule has 0 aromatic heterocycles. The van der Waals surface area contributed by atoms with Crippen molar-refractivity contribution in [2.45, 2.75) is 19.4 Å². The Hall–Kier alpha value is -1.23. The minimum Gasteiger partial charge on any atom is -0.493 e. The molecule has 0 bridgehead atoms. The Morgan fingerprint density at radius 1 is 1.26 bits per heavy atom. The number of rotatable bonds is 7. The third-order valence-corrected chi connectivity index (χ3v) is 4.01. The van der Waals surface area contributed by atoms with E-state index in [-0.39, 0.29) is 0 Å². The molecule has 0 radical (unpaired) electrons. The van der Waals surface area contributed by atoms with Crippen LogP contribution in [0.5, 0.6) is 11.5 Å². The number of ether oxygens (including phenoxy) is 2. The molecular weight excluding hydrogens is 260 g/mol. The molecule has 0 saturated carbocycles. The summed E-state index contributed by atoms with van der Waals surface area (Å²) in [5.41, 5.74) is 7.82. The van der Waals surface area contributed by atoms with Gasteiger partial charge in [-0.3, -0.25) is 0 Å². The maximum atomic E-state index is 6.13. The summed E-state index contributed by atoms with van der Waals surface area (Å²) in [5, 5.41) is 0. The first-order chi connectivity index (χ1) is 9.08. The van der Waals surface area contributed by atoms with Crippen LogP contribution in [0.3, 0.4) is 0 Å². The molecular formula is C14H24N2O2S. The van der Waals surface area contributed by atoms with Crippen LogP contribution in [0.25, 0.3) is 0 Å². The van der Waals surface area contributed by atoms with Gasteiger partial charge in [-0.15, -0.1) is 0 Å². The van der Waals surface area contributed by atoms with Crippen LogP contribution >= 0.6 is 11.8 Å². The summed E-state index contributed by atoms with van der Waals surface area (Å²) >= 11 is 1.84. The van der Waals surface area contributed by atoms with Gasteiger partial charge in [-0.05, 0) is 12.7 Å². The third kappa shape index (κ3) is 3.62. The van der Waals surface area contributed by atoms with Gasteiger partial charge in [0.15, 0.2) is 11.5 Å². The number of hydrogen-bond acceptors (Lipinski definition) is 5. The van der Waals surface area contributed by atoms with E-state index in [9.17, 15) is 0 Å². The minimum absolute atomic E-state index is 0.454. The Kier molecular flexibility index (Phi) is 6.15. The van der Waals surface area contributed by atoms with Crippen LogP contribution in [-0.2, 0) is 0 Å². The van der Waals surface area contributed by atoms with E-state index >= 15 is 0 Å². The lowest BCUT2D eigenvalue weighted by Crippen LogP contribution is -2.33. The van der Waals surface area contributed by atoms with E-state index in [1.54, 1.807) is 14.2 Å². The first-order valence-electron chi connectivity index (χ1n) is 6.32. The molecule has 0 aliphatic carbocycles. The van der Waals surface area contributed by atoms with Gasteiger partial charge in [0.25, 0.3) is 0 Å². The number of thioether (sulfide) groups is 1. The maximum Gasteiger partial charge on any atom is 0.162 e. The highest BCUT2D eigenvalue weighted by Crippen LogP contribution is 2.37. The predicted molar refractivity (Wildman–Crippen MR) is 84.8 cm³/mol. The molecule has 0 fully saturated rings. The molecule has 0 heterocycles. The van der Waals surface area contributed by atoms with Gasteiger partial charge in [0.05, 0.1) is 25.6 Å². The molecule has 2 N–H and O–H groups in total. The van der Waals surface area contributed by atoms with Gasteiger partial charge >= 0.3 is 0 Å². The molecule has 0 aliphatic heterocycles.